The lowest BCUT2D eigenvalue weighted by atomic mass is 10.4. The lowest BCUT2D eigenvalue weighted by Crippen LogP contribution is -2.07. The van der Waals surface area contributed by atoms with E-state index in [0.717, 1.165) is 11.8 Å². The first-order chi connectivity index (χ1) is 8.58. The van der Waals surface area contributed by atoms with E-state index in [4.69, 9.17) is 5.11 Å². The van der Waals surface area contributed by atoms with E-state index in [0.29, 0.717) is 16.7 Å². The molecule has 0 saturated carbocycles. The average Bonchev–Trinajstić information content (AvgIpc) is 2.69. The van der Waals surface area contributed by atoms with Crippen molar-refractivity contribution >= 4 is 17.7 Å². The van der Waals surface area contributed by atoms with E-state index in [-0.39, 0.29) is 11.3 Å². The molecule has 0 aromatic carbocycles. The van der Waals surface area contributed by atoms with Gasteiger partial charge in [0, 0.05) is 13.1 Å². The second-order valence-electron chi connectivity index (χ2n) is 3.35. The van der Waals surface area contributed by atoms with Crippen LogP contribution in [0, 0.1) is 0 Å². The maximum atomic E-state index is 10.9. The number of nitrogens with zero attached hydrogens (tertiary/aromatic N) is 4. The van der Waals surface area contributed by atoms with Gasteiger partial charge in [-0.25, -0.2) is 5.10 Å². The fourth-order valence-electron chi connectivity index (χ4n) is 1.26. The Balaban J connectivity index is 2.27. The van der Waals surface area contributed by atoms with Gasteiger partial charge in [-0.2, -0.15) is 5.10 Å². The summed E-state index contributed by atoms with van der Waals surface area (Å²) in [5.41, 5.74) is 0.160. The van der Waals surface area contributed by atoms with Gasteiger partial charge >= 0.3 is 5.97 Å². The summed E-state index contributed by atoms with van der Waals surface area (Å²) >= 11 is 1.06. The van der Waals surface area contributed by atoms with Crippen molar-refractivity contribution in [2.75, 3.05) is 5.75 Å². The highest BCUT2D eigenvalue weighted by molar-refractivity contribution is 7.99. The van der Waals surface area contributed by atoms with Crippen molar-refractivity contribution in [3.8, 4) is 11.5 Å². The summed E-state index contributed by atoms with van der Waals surface area (Å²) in [5, 5.41) is 23.0. The zero-order valence-corrected chi connectivity index (χ0v) is 10.1. The van der Waals surface area contributed by atoms with Gasteiger partial charge in [0.2, 0.25) is 0 Å². The maximum Gasteiger partial charge on any atom is 0.313 e. The van der Waals surface area contributed by atoms with Gasteiger partial charge in [-0.15, -0.1) is 10.2 Å². The molecule has 2 aromatic heterocycles. The van der Waals surface area contributed by atoms with E-state index in [1.807, 2.05) is 0 Å². The topological polar surface area (TPSA) is 114 Å². The Kier molecular flexibility index (Phi) is 3.42. The Morgan fingerprint density at radius 2 is 2.28 bits per heavy atom. The molecule has 94 valence electrons. The molecule has 18 heavy (non-hydrogen) atoms. The number of aromatic nitrogens is 5. The van der Waals surface area contributed by atoms with E-state index in [1.165, 1.54) is 12.1 Å². The average molecular weight is 267 g/mol. The number of H-pyrrole nitrogens is 1. The molecule has 2 rings (SSSR count). The highest BCUT2D eigenvalue weighted by Gasteiger charge is 2.13. The third-order valence-electron chi connectivity index (χ3n) is 2.07. The summed E-state index contributed by atoms with van der Waals surface area (Å²) in [6.07, 6.45) is 0. The molecule has 2 heterocycles. The van der Waals surface area contributed by atoms with Gasteiger partial charge in [0.05, 0.1) is 5.75 Å². The number of nitrogens with one attached hydrogen (secondary N) is 1. The summed E-state index contributed by atoms with van der Waals surface area (Å²) in [6, 6.07) is 2.86. The van der Waals surface area contributed by atoms with E-state index in [9.17, 15) is 9.59 Å². The Bertz CT molecular complexity index is 615. The van der Waals surface area contributed by atoms with Crippen LogP contribution >= 0.6 is 11.8 Å². The van der Waals surface area contributed by atoms with E-state index >= 15 is 0 Å². The van der Waals surface area contributed by atoms with E-state index in [2.05, 4.69) is 20.4 Å². The van der Waals surface area contributed by atoms with Crippen molar-refractivity contribution in [3.63, 3.8) is 0 Å². The summed E-state index contributed by atoms with van der Waals surface area (Å²) < 4.78 is 1.62. The molecule has 0 aliphatic rings. The van der Waals surface area contributed by atoms with Gasteiger partial charge in [-0.05, 0) is 6.07 Å². The lowest BCUT2D eigenvalue weighted by Gasteiger charge is -2.01. The SMILES string of the molecule is Cn1c(SCC(=O)O)nnc1-c1ccc(=O)[nH]n1. The van der Waals surface area contributed by atoms with Crippen molar-refractivity contribution in [2.45, 2.75) is 5.16 Å². The Labute approximate surface area is 105 Å². The zero-order valence-electron chi connectivity index (χ0n) is 9.32. The summed E-state index contributed by atoms with van der Waals surface area (Å²) in [6.45, 7) is 0. The Hall–Kier alpha value is -2.16. The number of thioether (sulfide) groups is 1. The molecule has 0 spiro atoms. The zero-order chi connectivity index (χ0) is 13.1. The van der Waals surface area contributed by atoms with Crippen LogP contribution in [0.2, 0.25) is 0 Å². The molecule has 2 aromatic rings. The lowest BCUT2D eigenvalue weighted by molar-refractivity contribution is -0.133. The molecule has 0 amide bonds. The van der Waals surface area contributed by atoms with Crippen LogP contribution in [-0.4, -0.2) is 41.8 Å². The number of aliphatic carboxylic acids is 1. The molecule has 9 heteroatoms. The third-order valence-corrected chi connectivity index (χ3v) is 3.07. The molecular weight excluding hydrogens is 258 g/mol. The Morgan fingerprint density at radius 1 is 1.50 bits per heavy atom. The van der Waals surface area contributed by atoms with Crippen LogP contribution in [-0.2, 0) is 11.8 Å². The Morgan fingerprint density at radius 3 is 2.89 bits per heavy atom. The smallest absolute Gasteiger partial charge is 0.313 e. The molecule has 0 unspecified atom stereocenters. The van der Waals surface area contributed by atoms with Crippen molar-refractivity contribution in [1.82, 2.24) is 25.0 Å². The van der Waals surface area contributed by atoms with Crippen LogP contribution in [0.3, 0.4) is 0 Å². The first kappa shape index (κ1) is 12.3. The van der Waals surface area contributed by atoms with Crippen LogP contribution in [0.25, 0.3) is 11.5 Å². The molecule has 2 N–H and O–H groups in total. The van der Waals surface area contributed by atoms with Crippen LogP contribution in [0.4, 0.5) is 0 Å². The number of rotatable bonds is 4. The second-order valence-corrected chi connectivity index (χ2v) is 4.30. The predicted molar refractivity (Wildman–Crippen MR) is 63.2 cm³/mol. The third kappa shape index (κ3) is 2.56. The van der Waals surface area contributed by atoms with E-state index in [1.54, 1.807) is 11.6 Å². The predicted octanol–water partition coefficient (Wildman–Crippen LogP) is -0.258. The molecular formula is C9H9N5O3S. The van der Waals surface area contributed by atoms with Crippen molar-refractivity contribution in [1.29, 1.82) is 0 Å². The minimum absolute atomic E-state index is 0.0922. The number of hydrogen-bond acceptors (Lipinski definition) is 6. The van der Waals surface area contributed by atoms with Crippen LogP contribution in [0.5, 0.6) is 0 Å². The minimum atomic E-state index is -0.924. The first-order valence-corrected chi connectivity index (χ1v) is 5.86. The number of carboxylic acid groups (broad SMARTS) is 1. The summed E-state index contributed by atoms with van der Waals surface area (Å²) in [7, 11) is 1.70. The highest BCUT2D eigenvalue weighted by Crippen LogP contribution is 2.20. The molecule has 0 aliphatic carbocycles. The van der Waals surface area contributed by atoms with Gasteiger partial charge in [0.15, 0.2) is 11.0 Å². The number of carboxylic acids is 1. The monoisotopic (exact) mass is 267 g/mol. The van der Waals surface area contributed by atoms with Gasteiger partial charge in [-0.1, -0.05) is 11.8 Å². The summed E-state index contributed by atoms with van der Waals surface area (Å²) in [5.74, 6) is -0.559. The fourth-order valence-corrected chi connectivity index (χ4v) is 1.89. The van der Waals surface area contributed by atoms with Gasteiger partial charge in [0.1, 0.15) is 5.69 Å². The molecule has 8 nitrogen and oxygen atoms in total. The molecule has 0 radical (unpaired) electrons. The first-order valence-electron chi connectivity index (χ1n) is 4.88. The summed E-state index contributed by atoms with van der Waals surface area (Å²) in [4.78, 5) is 21.4. The number of aromatic amines is 1. The van der Waals surface area contributed by atoms with Crippen molar-refractivity contribution < 1.29 is 9.90 Å². The van der Waals surface area contributed by atoms with Crippen LogP contribution < -0.4 is 5.56 Å². The minimum Gasteiger partial charge on any atom is -0.481 e. The molecule has 0 saturated heterocycles. The molecule has 0 bridgehead atoms. The van der Waals surface area contributed by atoms with Crippen LogP contribution in [0.1, 0.15) is 0 Å². The van der Waals surface area contributed by atoms with Gasteiger partial charge < -0.3 is 9.67 Å². The quantitative estimate of drug-likeness (QED) is 0.733. The van der Waals surface area contributed by atoms with Crippen molar-refractivity contribution in [3.05, 3.63) is 22.5 Å². The maximum absolute atomic E-state index is 10.9. The van der Waals surface area contributed by atoms with Gasteiger partial charge in [0.25, 0.3) is 5.56 Å². The molecule has 0 aliphatic heterocycles. The second kappa shape index (κ2) is 5.00. The van der Waals surface area contributed by atoms with Crippen LogP contribution in [0.15, 0.2) is 22.1 Å². The van der Waals surface area contributed by atoms with Crippen molar-refractivity contribution in [2.24, 2.45) is 7.05 Å². The largest absolute Gasteiger partial charge is 0.481 e. The fraction of sp³-hybridized carbons (Fsp3) is 0.222. The van der Waals surface area contributed by atoms with Gasteiger partial charge in [-0.3, -0.25) is 9.59 Å². The normalized spacial score (nSPS) is 10.5. The molecule has 0 atom stereocenters. The standard InChI is InChI=1S/C9H9N5O3S/c1-14-8(5-2-3-6(15)11-10-5)12-13-9(14)18-4-7(16)17/h2-3H,4H2,1H3,(H,11,15)(H,16,17). The number of hydrogen-bond donors (Lipinski definition) is 2. The number of carbonyl (C=O) groups is 1. The van der Waals surface area contributed by atoms with E-state index < -0.39 is 5.97 Å². The molecule has 0 fully saturated rings. The highest BCUT2D eigenvalue weighted by atomic mass is 32.2.